The van der Waals surface area contributed by atoms with Crippen molar-refractivity contribution in [3.63, 3.8) is 0 Å². The van der Waals surface area contributed by atoms with Gasteiger partial charge in [0.2, 0.25) is 0 Å². The molecule has 20 heavy (non-hydrogen) atoms. The third kappa shape index (κ3) is 4.18. The van der Waals surface area contributed by atoms with E-state index in [1.165, 1.54) is 25.0 Å². The number of benzene rings is 1. The molecule has 112 valence electrons. The van der Waals surface area contributed by atoms with Crippen LogP contribution in [0.15, 0.2) is 18.2 Å². The molecule has 1 aromatic carbocycles. The van der Waals surface area contributed by atoms with Crippen LogP contribution in [0.1, 0.15) is 38.7 Å². The van der Waals surface area contributed by atoms with Gasteiger partial charge in [0.05, 0.1) is 0 Å². The standard InChI is InChI=1S/C16H24ClFN2/c1-3-4-15-11-20(12(2)7-8-19-15)10-13-5-6-14(18)9-16(13)17/h5-6,9,12,15,19H,3-4,7-8,10-11H2,1-2H3. The minimum atomic E-state index is -0.270. The van der Waals surface area contributed by atoms with Crippen molar-refractivity contribution in [2.45, 2.75) is 51.7 Å². The van der Waals surface area contributed by atoms with Gasteiger partial charge in [-0.15, -0.1) is 0 Å². The smallest absolute Gasteiger partial charge is 0.124 e. The van der Waals surface area contributed by atoms with Crippen LogP contribution in [-0.2, 0) is 6.54 Å². The molecule has 0 saturated carbocycles. The SMILES string of the molecule is CCCC1CN(Cc2ccc(F)cc2Cl)C(C)CCN1. The van der Waals surface area contributed by atoms with Gasteiger partial charge in [0.25, 0.3) is 0 Å². The van der Waals surface area contributed by atoms with Gasteiger partial charge >= 0.3 is 0 Å². The highest BCUT2D eigenvalue weighted by molar-refractivity contribution is 6.31. The molecule has 0 aliphatic carbocycles. The largest absolute Gasteiger partial charge is 0.313 e. The van der Waals surface area contributed by atoms with E-state index in [1.807, 2.05) is 0 Å². The molecule has 1 aliphatic rings. The molecule has 2 nitrogen and oxygen atoms in total. The Balaban J connectivity index is 2.07. The van der Waals surface area contributed by atoms with E-state index in [1.54, 1.807) is 6.07 Å². The number of rotatable bonds is 4. The Morgan fingerprint density at radius 2 is 2.25 bits per heavy atom. The fourth-order valence-corrected chi connectivity index (χ4v) is 3.06. The highest BCUT2D eigenvalue weighted by Crippen LogP contribution is 2.22. The molecule has 2 atom stereocenters. The average Bonchev–Trinajstić information content (AvgIpc) is 2.56. The molecule has 4 heteroatoms. The molecule has 0 radical (unpaired) electrons. The zero-order valence-electron chi connectivity index (χ0n) is 12.3. The van der Waals surface area contributed by atoms with Crippen molar-refractivity contribution in [1.29, 1.82) is 0 Å². The molecule has 1 heterocycles. The minimum absolute atomic E-state index is 0.270. The lowest BCUT2D eigenvalue weighted by Crippen LogP contribution is -2.39. The molecule has 1 aromatic rings. The number of hydrogen-bond donors (Lipinski definition) is 1. The second-order valence-corrected chi connectivity index (χ2v) is 6.15. The van der Waals surface area contributed by atoms with Crippen LogP contribution in [0.25, 0.3) is 0 Å². The summed E-state index contributed by atoms with van der Waals surface area (Å²) in [6.45, 7) is 7.37. The summed E-state index contributed by atoms with van der Waals surface area (Å²) in [7, 11) is 0. The topological polar surface area (TPSA) is 15.3 Å². The summed E-state index contributed by atoms with van der Waals surface area (Å²) in [6.07, 6.45) is 3.52. The van der Waals surface area contributed by atoms with Gasteiger partial charge < -0.3 is 5.32 Å². The second kappa shape index (κ2) is 7.39. The van der Waals surface area contributed by atoms with Gasteiger partial charge in [-0.3, -0.25) is 4.90 Å². The molecule has 1 saturated heterocycles. The average molecular weight is 299 g/mol. The number of hydrogen-bond acceptors (Lipinski definition) is 2. The predicted molar refractivity (Wildman–Crippen MR) is 82.6 cm³/mol. The predicted octanol–water partition coefficient (Wildman–Crippen LogP) is 3.83. The van der Waals surface area contributed by atoms with Gasteiger partial charge in [0, 0.05) is 30.2 Å². The normalized spacial score (nSPS) is 24.6. The maximum absolute atomic E-state index is 13.1. The first-order valence-electron chi connectivity index (χ1n) is 7.51. The van der Waals surface area contributed by atoms with Crippen molar-refractivity contribution >= 4 is 11.6 Å². The summed E-state index contributed by atoms with van der Waals surface area (Å²) in [5.41, 5.74) is 1.01. The van der Waals surface area contributed by atoms with Crippen LogP contribution in [0.4, 0.5) is 4.39 Å². The summed E-state index contributed by atoms with van der Waals surface area (Å²) < 4.78 is 13.1. The van der Waals surface area contributed by atoms with Crippen LogP contribution in [0, 0.1) is 5.82 Å². The molecule has 0 aromatic heterocycles. The molecule has 0 bridgehead atoms. The Morgan fingerprint density at radius 3 is 2.95 bits per heavy atom. The number of halogens is 2. The van der Waals surface area contributed by atoms with Crippen molar-refractivity contribution in [3.8, 4) is 0 Å². The zero-order chi connectivity index (χ0) is 14.5. The Morgan fingerprint density at radius 1 is 1.45 bits per heavy atom. The summed E-state index contributed by atoms with van der Waals surface area (Å²) in [5, 5.41) is 4.15. The van der Waals surface area contributed by atoms with Crippen molar-refractivity contribution in [2.24, 2.45) is 0 Å². The Kier molecular flexibility index (Phi) is 5.82. The molecule has 0 spiro atoms. The van der Waals surface area contributed by atoms with Crippen molar-refractivity contribution in [2.75, 3.05) is 13.1 Å². The van der Waals surface area contributed by atoms with E-state index in [-0.39, 0.29) is 5.82 Å². The van der Waals surface area contributed by atoms with Gasteiger partial charge in [-0.1, -0.05) is 31.0 Å². The van der Waals surface area contributed by atoms with Gasteiger partial charge in [0.15, 0.2) is 0 Å². The molecule has 0 amide bonds. The maximum Gasteiger partial charge on any atom is 0.124 e. The van der Waals surface area contributed by atoms with Crippen LogP contribution in [0.3, 0.4) is 0 Å². The van der Waals surface area contributed by atoms with Crippen LogP contribution in [-0.4, -0.2) is 30.1 Å². The molecule has 1 fully saturated rings. The molecule has 2 unspecified atom stereocenters. The lowest BCUT2D eigenvalue weighted by molar-refractivity contribution is 0.193. The Bertz CT molecular complexity index is 438. The summed E-state index contributed by atoms with van der Waals surface area (Å²) in [6, 6.07) is 5.76. The fraction of sp³-hybridized carbons (Fsp3) is 0.625. The van der Waals surface area contributed by atoms with Crippen molar-refractivity contribution in [1.82, 2.24) is 10.2 Å². The van der Waals surface area contributed by atoms with E-state index >= 15 is 0 Å². The molecular weight excluding hydrogens is 275 g/mol. The van der Waals surface area contributed by atoms with Crippen molar-refractivity contribution in [3.05, 3.63) is 34.6 Å². The van der Waals surface area contributed by atoms with E-state index in [0.29, 0.717) is 17.1 Å². The third-order valence-corrected chi connectivity index (χ3v) is 4.45. The van der Waals surface area contributed by atoms with Crippen LogP contribution >= 0.6 is 11.6 Å². The van der Waals surface area contributed by atoms with Crippen LogP contribution in [0.2, 0.25) is 5.02 Å². The fourth-order valence-electron chi connectivity index (χ4n) is 2.84. The van der Waals surface area contributed by atoms with E-state index in [4.69, 9.17) is 11.6 Å². The van der Waals surface area contributed by atoms with Crippen LogP contribution in [0.5, 0.6) is 0 Å². The maximum atomic E-state index is 13.1. The van der Waals surface area contributed by atoms with E-state index in [2.05, 4.69) is 24.1 Å². The summed E-state index contributed by atoms with van der Waals surface area (Å²) in [5.74, 6) is -0.270. The summed E-state index contributed by atoms with van der Waals surface area (Å²) in [4.78, 5) is 2.46. The molecule has 1 aliphatic heterocycles. The minimum Gasteiger partial charge on any atom is -0.313 e. The first-order valence-corrected chi connectivity index (χ1v) is 7.89. The number of nitrogens with zero attached hydrogens (tertiary/aromatic N) is 1. The first kappa shape index (κ1) is 15.7. The highest BCUT2D eigenvalue weighted by atomic mass is 35.5. The molecular formula is C16H24ClFN2. The van der Waals surface area contributed by atoms with E-state index in [0.717, 1.165) is 31.6 Å². The van der Waals surface area contributed by atoms with E-state index < -0.39 is 0 Å². The second-order valence-electron chi connectivity index (χ2n) is 5.74. The summed E-state index contributed by atoms with van der Waals surface area (Å²) >= 11 is 6.15. The van der Waals surface area contributed by atoms with Gasteiger partial charge in [-0.25, -0.2) is 4.39 Å². The zero-order valence-corrected chi connectivity index (χ0v) is 13.1. The molecule has 2 rings (SSSR count). The highest BCUT2D eigenvalue weighted by Gasteiger charge is 2.23. The lowest BCUT2D eigenvalue weighted by atomic mass is 10.1. The van der Waals surface area contributed by atoms with E-state index in [9.17, 15) is 4.39 Å². The van der Waals surface area contributed by atoms with Gasteiger partial charge in [-0.05, 0) is 44.0 Å². The third-order valence-electron chi connectivity index (χ3n) is 4.10. The monoisotopic (exact) mass is 298 g/mol. The quantitative estimate of drug-likeness (QED) is 0.909. The Labute approximate surface area is 126 Å². The van der Waals surface area contributed by atoms with Gasteiger partial charge in [0.1, 0.15) is 5.82 Å². The Hall–Kier alpha value is -0.640. The first-order chi connectivity index (χ1) is 9.60. The van der Waals surface area contributed by atoms with Crippen LogP contribution < -0.4 is 5.32 Å². The van der Waals surface area contributed by atoms with Crippen molar-refractivity contribution < 1.29 is 4.39 Å². The molecule has 1 N–H and O–H groups in total. The lowest BCUT2D eigenvalue weighted by Gasteiger charge is -2.29. The number of nitrogens with one attached hydrogen (secondary N) is 1. The van der Waals surface area contributed by atoms with Gasteiger partial charge in [-0.2, -0.15) is 0 Å².